The van der Waals surface area contributed by atoms with Crippen LogP contribution in [0.3, 0.4) is 0 Å². The molecule has 0 unspecified atom stereocenters. The summed E-state index contributed by atoms with van der Waals surface area (Å²) < 4.78 is 0. The molecule has 1 aliphatic heterocycles. The Morgan fingerprint density at radius 2 is 2.29 bits per heavy atom. The molecule has 1 aliphatic rings. The Balaban J connectivity index is 2.51. The number of benzene rings is 1. The number of aromatic hydroxyl groups is 1. The first-order valence-corrected chi connectivity index (χ1v) is 5.03. The Morgan fingerprint density at radius 3 is 3.00 bits per heavy atom. The highest BCUT2D eigenvalue weighted by Crippen LogP contribution is 2.37. The fourth-order valence-electron chi connectivity index (χ4n) is 1.89. The van der Waals surface area contributed by atoms with Crippen molar-refractivity contribution in [2.75, 3.05) is 30.4 Å². The normalized spacial score (nSPS) is 14.9. The Labute approximate surface area is 84.4 Å². The molecule has 1 heterocycles. The van der Waals surface area contributed by atoms with E-state index in [1.165, 1.54) is 5.56 Å². The SMILES string of the molecule is CCc1cc(O)c2c(c1)NCCN2C. The smallest absolute Gasteiger partial charge is 0.141 e. The number of aryl methyl sites for hydroxylation is 1. The highest BCUT2D eigenvalue weighted by atomic mass is 16.3. The maximum absolute atomic E-state index is 9.86. The van der Waals surface area contributed by atoms with Crippen LogP contribution in [0.15, 0.2) is 12.1 Å². The van der Waals surface area contributed by atoms with Crippen LogP contribution in [0.2, 0.25) is 0 Å². The van der Waals surface area contributed by atoms with Gasteiger partial charge >= 0.3 is 0 Å². The monoisotopic (exact) mass is 192 g/mol. The van der Waals surface area contributed by atoms with E-state index in [2.05, 4.69) is 23.2 Å². The fraction of sp³-hybridized carbons (Fsp3) is 0.455. The van der Waals surface area contributed by atoms with Crippen LogP contribution in [-0.2, 0) is 6.42 Å². The van der Waals surface area contributed by atoms with Gasteiger partial charge in [-0.05, 0) is 24.1 Å². The lowest BCUT2D eigenvalue weighted by Gasteiger charge is -2.29. The number of anilines is 2. The van der Waals surface area contributed by atoms with Crippen LogP contribution in [0.1, 0.15) is 12.5 Å². The van der Waals surface area contributed by atoms with Crippen LogP contribution in [0.25, 0.3) is 0 Å². The maximum Gasteiger partial charge on any atom is 0.141 e. The molecule has 2 rings (SSSR count). The number of nitrogens with one attached hydrogen (secondary N) is 1. The lowest BCUT2D eigenvalue weighted by atomic mass is 10.1. The predicted octanol–water partition coefficient (Wildman–Crippen LogP) is 1.82. The van der Waals surface area contributed by atoms with E-state index in [1.54, 1.807) is 0 Å². The molecular formula is C11H16N2O. The zero-order valence-electron chi connectivity index (χ0n) is 8.67. The van der Waals surface area contributed by atoms with Crippen molar-refractivity contribution in [1.82, 2.24) is 0 Å². The van der Waals surface area contributed by atoms with Gasteiger partial charge < -0.3 is 15.3 Å². The third-order valence-corrected chi connectivity index (χ3v) is 2.70. The summed E-state index contributed by atoms with van der Waals surface area (Å²) in [5, 5.41) is 13.2. The van der Waals surface area contributed by atoms with Crippen molar-refractivity contribution in [2.24, 2.45) is 0 Å². The lowest BCUT2D eigenvalue weighted by Crippen LogP contribution is -2.30. The summed E-state index contributed by atoms with van der Waals surface area (Å²) >= 11 is 0. The van der Waals surface area contributed by atoms with E-state index in [0.29, 0.717) is 5.75 Å². The van der Waals surface area contributed by atoms with E-state index >= 15 is 0 Å². The van der Waals surface area contributed by atoms with Gasteiger partial charge in [0.15, 0.2) is 0 Å². The highest BCUT2D eigenvalue weighted by molar-refractivity contribution is 5.78. The molecule has 0 atom stereocenters. The van der Waals surface area contributed by atoms with Gasteiger partial charge in [-0.25, -0.2) is 0 Å². The van der Waals surface area contributed by atoms with Crippen molar-refractivity contribution in [3.63, 3.8) is 0 Å². The van der Waals surface area contributed by atoms with Gasteiger partial charge in [0.25, 0.3) is 0 Å². The molecule has 3 nitrogen and oxygen atoms in total. The Bertz CT molecular complexity index is 349. The van der Waals surface area contributed by atoms with E-state index in [4.69, 9.17) is 0 Å². The number of phenols is 1. The molecule has 14 heavy (non-hydrogen) atoms. The quantitative estimate of drug-likeness (QED) is 0.712. The highest BCUT2D eigenvalue weighted by Gasteiger charge is 2.17. The van der Waals surface area contributed by atoms with Gasteiger partial charge in [0.05, 0.1) is 5.69 Å². The minimum absolute atomic E-state index is 0.383. The van der Waals surface area contributed by atoms with Gasteiger partial charge in [0, 0.05) is 20.1 Å². The zero-order chi connectivity index (χ0) is 10.1. The van der Waals surface area contributed by atoms with Crippen LogP contribution >= 0.6 is 0 Å². The minimum atomic E-state index is 0.383. The average Bonchev–Trinajstić information content (AvgIpc) is 2.17. The molecule has 1 aromatic carbocycles. The topological polar surface area (TPSA) is 35.5 Å². The molecule has 0 aromatic heterocycles. The third kappa shape index (κ3) is 1.39. The van der Waals surface area contributed by atoms with Crippen LogP contribution in [0.5, 0.6) is 5.75 Å². The summed E-state index contributed by atoms with van der Waals surface area (Å²) in [6.07, 6.45) is 0.951. The van der Waals surface area contributed by atoms with Crippen molar-refractivity contribution >= 4 is 11.4 Å². The Hall–Kier alpha value is -1.38. The number of hydrogen-bond donors (Lipinski definition) is 2. The second kappa shape index (κ2) is 3.40. The van der Waals surface area contributed by atoms with E-state index < -0.39 is 0 Å². The van der Waals surface area contributed by atoms with Gasteiger partial charge in [0.2, 0.25) is 0 Å². The van der Waals surface area contributed by atoms with Crippen molar-refractivity contribution in [1.29, 1.82) is 0 Å². The number of likely N-dealkylation sites (N-methyl/N-ethyl adjacent to an activating group) is 1. The van der Waals surface area contributed by atoms with Crippen molar-refractivity contribution in [3.8, 4) is 5.75 Å². The number of fused-ring (bicyclic) bond motifs is 1. The van der Waals surface area contributed by atoms with Gasteiger partial charge in [-0.15, -0.1) is 0 Å². The molecule has 3 heteroatoms. The fourth-order valence-corrected chi connectivity index (χ4v) is 1.89. The molecule has 0 saturated heterocycles. The maximum atomic E-state index is 9.86. The van der Waals surface area contributed by atoms with Gasteiger partial charge in [0.1, 0.15) is 11.4 Å². The number of rotatable bonds is 1. The summed E-state index contributed by atoms with van der Waals surface area (Å²) in [5.41, 5.74) is 3.15. The molecule has 0 radical (unpaired) electrons. The van der Waals surface area contributed by atoms with E-state index in [9.17, 15) is 5.11 Å². The summed E-state index contributed by atoms with van der Waals surface area (Å²) in [6.45, 7) is 3.97. The van der Waals surface area contributed by atoms with Crippen LogP contribution in [0, 0.1) is 0 Å². The van der Waals surface area contributed by atoms with E-state index in [-0.39, 0.29) is 0 Å². The van der Waals surface area contributed by atoms with Gasteiger partial charge in [-0.3, -0.25) is 0 Å². The minimum Gasteiger partial charge on any atom is -0.506 e. The predicted molar refractivity (Wildman–Crippen MR) is 59.2 cm³/mol. The Morgan fingerprint density at radius 1 is 1.50 bits per heavy atom. The molecule has 0 amide bonds. The second-order valence-electron chi connectivity index (χ2n) is 3.71. The molecule has 0 bridgehead atoms. The zero-order valence-corrected chi connectivity index (χ0v) is 8.67. The largest absolute Gasteiger partial charge is 0.506 e. The number of hydrogen-bond acceptors (Lipinski definition) is 3. The van der Waals surface area contributed by atoms with Crippen LogP contribution < -0.4 is 10.2 Å². The molecule has 0 aliphatic carbocycles. The molecule has 2 N–H and O–H groups in total. The first kappa shape index (κ1) is 9.19. The van der Waals surface area contributed by atoms with Crippen LogP contribution in [0.4, 0.5) is 11.4 Å². The first-order valence-electron chi connectivity index (χ1n) is 5.03. The molecular weight excluding hydrogens is 176 g/mol. The van der Waals surface area contributed by atoms with Gasteiger partial charge in [-0.2, -0.15) is 0 Å². The number of phenolic OH excluding ortho intramolecular Hbond substituents is 1. The van der Waals surface area contributed by atoms with Crippen molar-refractivity contribution in [2.45, 2.75) is 13.3 Å². The molecule has 76 valence electrons. The summed E-state index contributed by atoms with van der Waals surface area (Å²) in [5.74, 6) is 0.383. The number of nitrogens with zero attached hydrogens (tertiary/aromatic N) is 1. The average molecular weight is 192 g/mol. The summed E-state index contributed by atoms with van der Waals surface area (Å²) in [4.78, 5) is 2.08. The van der Waals surface area contributed by atoms with Crippen LogP contribution in [-0.4, -0.2) is 25.2 Å². The molecule has 0 saturated carbocycles. The standard InChI is InChI=1S/C11H16N2O/c1-3-8-6-9-11(10(14)7-8)13(2)5-4-12-9/h6-7,12,14H,3-5H2,1-2H3. The summed E-state index contributed by atoms with van der Waals surface area (Å²) in [6, 6.07) is 3.97. The lowest BCUT2D eigenvalue weighted by molar-refractivity contribution is 0.474. The Kier molecular flexibility index (Phi) is 2.23. The van der Waals surface area contributed by atoms with Crippen molar-refractivity contribution in [3.05, 3.63) is 17.7 Å². The molecule has 0 fully saturated rings. The molecule has 1 aromatic rings. The third-order valence-electron chi connectivity index (χ3n) is 2.70. The first-order chi connectivity index (χ1) is 6.72. The molecule has 0 spiro atoms. The van der Waals surface area contributed by atoms with Crippen molar-refractivity contribution < 1.29 is 5.11 Å². The van der Waals surface area contributed by atoms with E-state index in [1.807, 2.05) is 13.1 Å². The van der Waals surface area contributed by atoms with Gasteiger partial charge in [-0.1, -0.05) is 6.92 Å². The van der Waals surface area contributed by atoms with E-state index in [0.717, 1.165) is 30.9 Å². The second-order valence-corrected chi connectivity index (χ2v) is 3.71. The summed E-state index contributed by atoms with van der Waals surface area (Å²) in [7, 11) is 2.00.